The number of likely N-dealkylation sites (N-methyl/N-ethyl adjacent to an activating group) is 1. The number of nitrogen functional groups attached to an aromatic ring is 1. The largest absolute Gasteiger partial charge is 0.396 e. The molecule has 2 aliphatic rings. The number of pyridine rings is 1. The number of aromatic nitrogens is 1. The van der Waals surface area contributed by atoms with Crippen LogP contribution in [0.2, 0.25) is 0 Å². The smallest absolute Gasteiger partial charge is 0.0745 e. The summed E-state index contributed by atoms with van der Waals surface area (Å²) < 4.78 is 0. The first-order chi connectivity index (χ1) is 10.2. The van der Waals surface area contributed by atoms with Crippen molar-refractivity contribution in [3.8, 4) is 0 Å². The second-order valence-electron chi connectivity index (χ2n) is 6.36. The van der Waals surface area contributed by atoms with E-state index < -0.39 is 0 Å². The molecule has 0 saturated carbocycles. The van der Waals surface area contributed by atoms with Crippen LogP contribution in [0.15, 0.2) is 30.5 Å². The second-order valence-corrected chi connectivity index (χ2v) is 6.36. The normalized spacial score (nSPS) is 26.2. The molecule has 0 amide bonds. The molecule has 2 unspecified atom stereocenters. The van der Waals surface area contributed by atoms with Gasteiger partial charge in [0, 0.05) is 30.6 Å². The lowest BCUT2D eigenvalue weighted by atomic mass is 10.1. The van der Waals surface area contributed by atoms with Crippen LogP contribution in [0, 0.1) is 0 Å². The fourth-order valence-corrected chi connectivity index (χ4v) is 4.01. The predicted octanol–water partition coefficient (Wildman–Crippen LogP) is 2.49. The lowest BCUT2D eigenvalue weighted by Crippen LogP contribution is -2.37. The molecule has 1 aromatic heterocycles. The van der Waals surface area contributed by atoms with Gasteiger partial charge in [-0.25, -0.2) is 0 Å². The highest BCUT2D eigenvalue weighted by atomic mass is 15.3. The highest BCUT2D eigenvalue weighted by Gasteiger charge is 2.35. The van der Waals surface area contributed by atoms with E-state index in [0.29, 0.717) is 6.04 Å². The molecule has 2 atom stereocenters. The molecule has 2 N–H and O–H groups in total. The monoisotopic (exact) mass is 282 g/mol. The molecule has 4 heteroatoms. The number of para-hydroxylation sites is 1. The quantitative estimate of drug-likeness (QED) is 0.873. The lowest BCUT2D eigenvalue weighted by molar-refractivity contribution is 0.254. The minimum absolute atomic E-state index is 0.656. The van der Waals surface area contributed by atoms with Gasteiger partial charge in [0.25, 0.3) is 0 Å². The molecule has 21 heavy (non-hydrogen) atoms. The molecule has 2 saturated heterocycles. The molecule has 4 rings (SSSR count). The van der Waals surface area contributed by atoms with E-state index in [1.165, 1.54) is 30.3 Å². The van der Waals surface area contributed by atoms with E-state index in [4.69, 9.17) is 5.73 Å². The van der Waals surface area contributed by atoms with E-state index in [0.717, 1.165) is 30.3 Å². The average Bonchev–Trinajstić information content (AvgIpc) is 2.73. The number of nitrogens with zero attached hydrogens (tertiary/aromatic N) is 3. The van der Waals surface area contributed by atoms with Crippen molar-refractivity contribution in [3.63, 3.8) is 0 Å². The average molecular weight is 282 g/mol. The van der Waals surface area contributed by atoms with Crippen LogP contribution in [-0.4, -0.2) is 42.1 Å². The molecule has 2 fully saturated rings. The standard InChI is InChI=1S/C17H22N4/c1-20-12-6-7-13(20)11-21(9-8-12)17-14-4-2-3-5-16(14)19-10-15(17)18/h2-5,10,12-13H,6-9,11,18H2,1H3. The number of fused-ring (bicyclic) bond motifs is 3. The molecule has 0 aliphatic carbocycles. The lowest BCUT2D eigenvalue weighted by Gasteiger charge is -2.29. The summed E-state index contributed by atoms with van der Waals surface area (Å²) in [5.41, 5.74) is 9.30. The Morgan fingerprint density at radius 3 is 2.86 bits per heavy atom. The summed E-state index contributed by atoms with van der Waals surface area (Å²) in [4.78, 5) is 9.52. The van der Waals surface area contributed by atoms with Gasteiger partial charge in [-0.2, -0.15) is 0 Å². The maximum absolute atomic E-state index is 6.28. The maximum Gasteiger partial charge on any atom is 0.0745 e. The number of nitrogens with two attached hydrogens (primary N) is 1. The summed E-state index contributed by atoms with van der Waals surface area (Å²) in [6, 6.07) is 9.71. The molecule has 110 valence electrons. The zero-order valence-electron chi connectivity index (χ0n) is 12.5. The number of anilines is 2. The summed E-state index contributed by atoms with van der Waals surface area (Å²) in [5, 5.41) is 1.18. The van der Waals surface area contributed by atoms with Gasteiger partial charge in [0.2, 0.25) is 0 Å². The molecular formula is C17H22N4. The SMILES string of the molecule is CN1C2CCC1CN(c1c(N)cnc3ccccc13)CC2. The van der Waals surface area contributed by atoms with Gasteiger partial charge in [0.05, 0.1) is 23.1 Å². The first-order valence-electron chi connectivity index (χ1n) is 7.84. The van der Waals surface area contributed by atoms with Crippen molar-refractivity contribution >= 4 is 22.3 Å². The minimum atomic E-state index is 0.656. The zero-order chi connectivity index (χ0) is 14.4. The highest BCUT2D eigenvalue weighted by molar-refractivity contribution is 5.97. The third-order valence-corrected chi connectivity index (χ3v) is 5.24. The van der Waals surface area contributed by atoms with E-state index in [9.17, 15) is 0 Å². The van der Waals surface area contributed by atoms with Crippen molar-refractivity contribution in [3.05, 3.63) is 30.5 Å². The fraction of sp³-hybridized carbons (Fsp3) is 0.471. The van der Waals surface area contributed by atoms with Crippen LogP contribution in [0.4, 0.5) is 11.4 Å². The molecule has 2 bridgehead atoms. The Kier molecular flexibility index (Phi) is 3.00. The van der Waals surface area contributed by atoms with Crippen LogP contribution in [0.25, 0.3) is 10.9 Å². The molecule has 0 spiro atoms. The molecule has 1 aromatic carbocycles. The van der Waals surface area contributed by atoms with Gasteiger partial charge in [-0.15, -0.1) is 0 Å². The van der Waals surface area contributed by atoms with E-state index in [1.807, 2.05) is 12.3 Å². The van der Waals surface area contributed by atoms with Gasteiger partial charge in [-0.05, 0) is 32.4 Å². The summed E-state index contributed by atoms with van der Waals surface area (Å²) in [7, 11) is 2.28. The van der Waals surface area contributed by atoms with E-state index >= 15 is 0 Å². The second kappa shape index (κ2) is 4.88. The first kappa shape index (κ1) is 12.9. The van der Waals surface area contributed by atoms with Crippen LogP contribution in [0.5, 0.6) is 0 Å². The molecule has 2 aromatic rings. The van der Waals surface area contributed by atoms with Gasteiger partial charge < -0.3 is 10.6 Å². The maximum atomic E-state index is 6.28. The van der Waals surface area contributed by atoms with Crippen LogP contribution >= 0.6 is 0 Å². The minimum Gasteiger partial charge on any atom is -0.396 e. The Morgan fingerprint density at radius 1 is 1.14 bits per heavy atom. The zero-order valence-corrected chi connectivity index (χ0v) is 12.5. The van der Waals surface area contributed by atoms with Crippen LogP contribution in [-0.2, 0) is 0 Å². The van der Waals surface area contributed by atoms with E-state index in [-0.39, 0.29) is 0 Å². The van der Waals surface area contributed by atoms with Gasteiger partial charge in [0.1, 0.15) is 0 Å². The summed E-state index contributed by atoms with van der Waals surface area (Å²) in [6.45, 7) is 2.16. The Morgan fingerprint density at radius 2 is 1.95 bits per heavy atom. The number of hydrogen-bond acceptors (Lipinski definition) is 4. The highest BCUT2D eigenvalue weighted by Crippen LogP contribution is 2.36. The summed E-state index contributed by atoms with van der Waals surface area (Å²) >= 11 is 0. The van der Waals surface area contributed by atoms with Crippen molar-refractivity contribution in [2.75, 3.05) is 30.8 Å². The van der Waals surface area contributed by atoms with Crippen LogP contribution in [0.3, 0.4) is 0 Å². The van der Waals surface area contributed by atoms with Gasteiger partial charge in [0.15, 0.2) is 0 Å². The molecule has 3 heterocycles. The molecule has 2 aliphatic heterocycles. The third kappa shape index (κ3) is 2.05. The first-order valence-corrected chi connectivity index (χ1v) is 7.84. The molecule has 4 nitrogen and oxygen atoms in total. The van der Waals surface area contributed by atoms with Gasteiger partial charge >= 0.3 is 0 Å². The summed E-state index contributed by atoms with van der Waals surface area (Å²) in [5.74, 6) is 0. The predicted molar refractivity (Wildman–Crippen MR) is 87.6 cm³/mol. The molecular weight excluding hydrogens is 260 g/mol. The van der Waals surface area contributed by atoms with Crippen molar-refractivity contribution in [1.82, 2.24) is 9.88 Å². The fourth-order valence-electron chi connectivity index (χ4n) is 4.01. The topological polar surface area (TPSA) is 45.4 Å². The third-order valence-electron chi connectivity index (χ3n) is 5.24. The van der Waals surface area contributed by atoms with Crippen LogP contribution < -0.4 is 10.6 Å². The van der Waals surface area contributed by atoms with Crippen LogP contribution in [0.1, 0.15) is 19.3 Å². The molecule has 0 radical (unpaired) electrons. The Hall–Kier alpha value is -1.81. The van der Waals surface area contributed by atoms with Crippen molar-refractivity contribution < 1.29 is 0 Å². The Bertz CT molecular complexity index is 669. The van der Waals surface area contributed by atoms with Crippen molar-refractivity contribution in [2.45, 2.75) is 31.3 Å². The Balaban J connectivity index is 1.78. The van der Waals surface area contributed by atoms with E-state index in [2.05, 4.69) is 40.0 Å². The number of benzene rings is 1. The Labute approximate surface area is 125 Å². The number of rotatable bonds is 1. The van der Waals surface area contributed by atoms with Crippen molar-refractivity contribution in [2.24, 2.45) is 0 Å². The van der Waals surface area contributed by atoms with E-state index in [1.54, 1.807) is 0 Å². The number of hydrogen-bond donors (Lipinski definition) is 1. The van der Waals surface area contributed by atoms with Crippen molar-refractivity contribution in [1.29, 1.82) is 0 Å². The summed E-state index contributed by atoms with van der Waals surface area (Å²) in [6.07, 6.45) is 5.69. The van der Waals surface area contributed by atoms with Gasteiger partial charge in [-0.3, -0.25) is 9.88 Å². The van der Waals surface area contributed by atoms with Gasteiger partial charge in [-0.1, -0.05) is 18.2 Å².